The van der Waals surface area contributed by atoms with Crippen LogP contribution in [-0.4, -0.2) is 31.5 Å². The minimum atomic E-state index is -3.67. The van der Waals surface area contributed by atoms with Crippen molar-refractivity contribution in [2.24, 2.45) is 5.92 Å². The Kier molecular flexibility index (Phi) is 4.18. The van der Waals surface area contributed by atoms with Crippen LogP contribution >= 0.6 is 0 Å². The van der Waals surface area contributed by atoms with Gasteiger partial charge in [0.2, 0.25) is 21.8 Å². The van der Waals surface area contributed by atoms with E-state index in [-0.39, 0.29) is 18.9 Å². The van der Waals surface area contributed by atoms with E-state index in [4.69, 9.17) is 0 Å². The second kappa shape index (κ2) is 5.83. The summed E-state index contributed by atoms with van der Waals surface area (Å²) in [5, 5.41) is 0. The normalized spacial score (nSPS) is 22.2. The van der Waals surface area contributed by atoms with Crippen molar-refractivity contribution in [2.75, 3.05) is 11.4 Å². The fourth-order valence-corrected chi connectivity index (χ4v) is 4.80. The molecule has 1 atom stereocenters. The summed E-state index contributed by atoms with van der Waals surface area (Å²) in [6, 6.07) is 4.00. The number of anilines is 1. The first-order chi connectivity index (χ1) is 11.5. The number of nitrogens with zero attached hydrogens (tertiary/aromatic N) is 1. The summed E-state index contributed by atoms with van der Waals surface area (Å²) < 4.78 is 25.8. The standard InChI is InChI=1S/C18H24N2O4S/c1-11-7-12(2)16(13(3)8-11)20-10-14(9-15(20)21)17(22)19-25(23,24)18(4)5-6-18/h7-8,14H,5-6,9-10H2,1-4H3,(H,19,22). The summed E-state index contributed by atoms with van der Waals surface area (Å²) in [4.78, 5) is 26.5. The molecule has 7 heteroatoms. The van der Waals surface area contributed by atoms with Crippen molar-refractivity contribution < 1.29 is 18.0 Å². The largest absolute Gasteiger partial charge is 0.311 e. The van der Waals surface area contributed by atoms with Crippen LogP contribution in [0.5, 0.6) is 0 Å². The van der Waals surface area contributed by atoms with Crippen molar-refractivity contribution in [1.29, 1.82) is 0 Å². The molecule has 3 rings (SSSR count). The number of benzene rings is 1. The number of hydrogen-bond acceptors (Lipinski definition) is 4. The third kappa shape index (κ3) is 3.17. The molecule has 6 nitrogen and oxygen atoms in total. The summed E-state index contributed by atoms with van der Waals surface area (Å²) >= 11 is 0. The van der Waals surface area contributed by atoms with E-state index in [0.717, 1.165) is 22.4 Å². The zero-order valence-electron chi connectivity index (χ0n) is 15.0. The topological polar surface area (TPSA) is 83.6 Å². The molecule has 2 amide bonds. The first kappa shape index (κ1) is 17.9. The van der Waals surface area contributed by atoms with Crippen molar-refractivity contribution in [1.82, 2.24) is 4.72 Å². The lowest BCUT2D eigenvalue weighted by atomic mass is 10.0. The lowest BCUT2D eigenvalue weighted by Crippen LogP contribution is -2.42. The van der Waals surface area contributed by atoms with Crippen molar-refractivity contribution >= 4 is 27.5 Å². The molecule has 0 spiro atoms. The number of sulfonamides is 1. The zero-order chi connectivity index (χ0) is 18.6. The zero-order valence-corrected chi connectivity index (χ0v) is 15.9. The number of hydrogen-bond donors (Lipinski definition) is 1. The fourth-order valence-electron chi connectivity index (χ4n) is 3.48. The van der Waals surface area contributed by atoms with Crippen LogP contribution < -0.4 is 9.62 Å². The summed E-state index contributed by atoms with van der Waals surface area (Å²) in [6.45, 7) is 7.72. The van der Waals surface area contributed by atoms with E-state index in [1.54, 1.807) is 11.8 Å². The SMILES string of the molecule is Cc1cc(C)c(N2CC(C(=O)NS(=O)(=O)C3(C)CC3)CC2=O)c(C)c1. The smallest absolute Gasteiger partial charge is 0.240 e. The maximum absolute atomic E-state index is 12.5. The molecule has 0 radical (unpaired) electrons. The molecule has 1 saturated heterocycles. The molecule has 2 fully saturated rings. The maximum atomic E-state index is 12.5. The lowest BCUT2D eigenvalue weighted by Gasteiger charge is -2.22. The lowest BCUT2D eigenvalue weighted by molar-refractivity contribution is -0.124. The first-order valence-electron chi connectivity index (χ1n) is 8.48. The summed E-state index contributed by atoms with van der Waals surface area (Å²) in [6.07, 6.45) is 1.16. The van der Waals surface area contributed by atoms with Crippen LogP contribution in [0.2, 0.25) is 0 Å². The quantitative estimate of drug-likeness (QED) is 0.885. The van der Waals surface area contributed by atoms with Crippen LogP contribution in [0.15, 0.2) is 12.1 Å². The van der Waals surface area contributed by atoms with Crippen LogP contribution in [0.4, 0.5) is 5.69 Å². The summed E-state index contributed by atoms with van der Waals surface area (Å²) in [5.74, 6) is -1.37. The van der Waals surface area contributed by atoms with Gasteiger partial charge in [0.1, 0.15) is 0 Å². The summed E-state index contributed by atoms with van der Waals surface area (Å²) in [7, 11) is -3.67. The Morgan fingerprint density at radius 3 is 2.28 bits per heavy atom. The molecule has 25 heavy (non-hydrogen) atoms. The van der Waals surface area contributed by atoms with E-state index in [1.165, 1.54) is 0 Å². The van der Waals surface area contributed by atoms with Gasteiger partial charge in [0.05, 0.1) is 10.7 Å². The number of nitrogens with one attached hydrogen (secondary N) is 1. The van der Waals surface area contributed by atoms with Crippen molar-refractivity contribution in [3.8, 4) is 0 Å². The molecule has 1 aliphatic carbocycles. The second-order valence-electron chi connectivity index (χ2n) is 7.57. The molecular formula is C18H24N2O4S. The Balaban J connectivity index is 1.78. The minimum Gasteiger partial charge on any atom is -0.311 e. The predicted molar refractivity (Wildman–Crippen MR) is 95.8 cm³/mol. The number of rotatable bonds is 4. The Bertz CT molecular complexity index is 833. The van der Waals surface area contributed by atoms with Gasteiger partial charge >= 0.3 is 0 Å². The first-order valence-corrected chi connectivity index (χ1v) is 9.97. The molecule has 1 aliphatic heterocycles. The van der Waals surface area contributed by atoms with Crippen LogP contribution in [0.25, 0.3) is 0 Å². The van der Waals surface area contributed by atoms with E-state index in [2.05, 4.69) is 4.72 Å². The molecule has 2 aliphatic rings. The van der Waals surface area contributed by atoms with Gasteiger partial charge < -0.3 is 4.90 Å². The van der Waals surface area contributed by atoms with E-state index in [1.807, 2.05) is 32.9 Å². The van der Waals surface area contributed by atoms with Crippen molar-refractivity contribution in [3.63, 3.8) is 0 Å². The van der Waals surface area contributed by atoms with Gasteiger partial charge in [0.15, 0.2) is 0 Å². The van der Waals surface area contributed by atoms with Crippen LogP contribution in [0, 0.1) is 26.7 Å². The Morgan fingerprint density at radius 1 is 1.20 bits per heavy atom. The highest BCUT2D eigenvalue weighted by Crippen LogP contribution is 2.42. The van der Waals surface area contributed by atoms with Gasteiger partial charge in [-0.25, -0.2) is 8.42 Å². The van der Waals surface area contributed by atoms with Crippen LogP contribution in [0.3, 0.4) is 0 Å². The van der Waals surface area contributed by atoms with Crippen LogP contribution in [-0.2, 0) is 19.6 Å². The average molecular weight is 364 g/mol. The average Bonchev–Trinajstić information content (AvgIpc) is 3.12. The molecule has 1 saturated carbocycles. The number of carbonyl (C=O) groups is 2. The molecule has 1 heterocycles. The minimum absolute atomic E-state index is 0.0326. The molecule has 0 aromatic heterocycles. The van der Waals surface area contributed by atoms with Gasteiger partial charge in [-0.05, 0) is 51.7 Å². The van der Waals surface area contributed by atoms with E-state index >= 15 is 0 Å². The Morgan fingerprint density at radius 2 is 1.76 bits per heavy atom. The maximum Gasteiger partial charge on any atom is 0.240 e. The molecule has 136 valence electrons. The van der Waals surface area contributed by atoms with E-state index in [9.17, 15) is 18.0 Å². The van der Waals surface area contributed by atoms with Gasteiger partial charge in [0.25, 0.3) is 0 Å². The highest BCUT2D eigenvalue weighted by molar-refractivity contribution is 7.91. The monoisotopic (exact) mass is 364 g/mol. The van der Waals surface area contributed by atoms with Crippen LogP contribution in [0.1, 0.15) is 42.9 Å². The van der Waals surface area contributed by atoms with Gasteiger partial charge in [-0.3, -0.25) is 14.3 Å². The molecule has 1 aromatic rings. The van der Waals surface area contributed by atoms with Gasteiger partial charge in [-0.2, -0.15) is 0 Å². The van der Waals surface area contributed by atoms with Crippen molar-refractivity contribution in [2.45, 2.75) is 51.7 Å². The Hall–Kier alpha value is -1.89. The number of carbonyl (C=O) groups excluding carboxylic acids is 2. The molecular weight excluding hydrogens is 340 g/mol. The number of aryl methyl sites for hydroxylation is 3. The number of amides is 2. The molecule has 1 aromatic carbocycles. The third-order valence-corrected chi connectivity index (χ3v) is 7.41. The van der Waals surface area contributed by atoms with Gasteiger partial charge in [-0.1, -0.05) is 17.7 Å². The van der Waals surface area contributed by atoms with Gasteiger partial charge in [0, 0.05) is 18.7 Å². The molecule has 1 unspecified atom stereocenters. The molecule has 0 bridgehead atoms. The van der Waals surface area contributed by atoms with Gasteiger partial charge in [-0.15, -0.1) is 0 Å². The predicted octanol–water partition coefficient (Wildman–Crippen LogP) is 1.96. The highest BCUT2D eigenvalue weighted by atomic mass is 32.2. The third-order valence-electron chi connectivity index (χ3n) is 5.24. The van der Waals surface area contributed by atoms with E-state index in [0.29, 0.717) is 12.8 Å². The summed E-state index contributed by atoms with van der Waals surface area (Å²) in [5.41, 5.74) is 3.89. The Labute approximate surface area is 148 Å². The fraction of sp³-hybridized carbons (Fsp3) is 0.556. The highest BCUT2D eigenvalue weighted by Gasteiger charge is 2.51. The second-order valence-corrected chi connectivity index (χ2v) is 9.77. The molecule has 1 N–H and O–H groups in total. The van der Waals surface area contributed by atoms with E-state index < -0.39 is 26.6 Å². The van der Waals surface area contributed by atoms with Crippen molar-refractivity contribution in [3.05, 3.63) is 28.8 Å².